The van der Waals surface area contributed by atoms with E-state index in [1.165, 1.54) is 48.0 Å². The van der Waals surface area contributed by atoms with Crippen LogP contribution in [-0.2, 0) is 14.3 Å². The third-order valence-corrected chi connectivity index (χ3v) is 8.11. The zero-order chi connectivity index (χ0) is 29.6. The maximum Gasteiger partial charge on any atom is 0.259 e. The van der Waals surface area contributed by atoms with Crippen molar-refractivity contribution in [2.24, 2.45) is 0 Å². The Morgan fingerprint density at radius 1 is 1.15 bits per heavy atom. The number of hydrogen-bond acceptors (Lipinski definition) is 8. The van der Waals surface area contributed by atoms with Gasteiger partial charge in [0.2, 0.25) is 0 Å². The Balaban J connectivity index is 1.53. The Bertz CT molecular complexity index is 1400. The Labute approximate surface area is 244 Å². The normalized spacial score (nSPS) is 27.9. The summed E-state index contributed by atoms with van der Waals surface area (Å²) in [5.41, 5.74) is 0.397. The smallest absolute Gasteiger partial charge is 0.259 e. The number of aromatic nitrogens is 3. The first-order valence-corrected chi connectivity index (χ1v) is 13.6. The molecule has 1 aliphatic heterocycles. The highest BCUT2D eigenvalue weighted by molar-refractivity contribution is 6.35. The zero-order valence-corrected chi connectivity index (χ0v) is 23.5. The van der Waals surface area contributed by atoms with E-state index >= 15 is 0 Å². The topological polar surface area (TPSA) is 130 Å². The second-order valence-electron chi connectivity index (χ2n) is 10.2. The third-order valence-electron chi connectivity index (χ3n) is 7.67. The van der Waals surface area contributed by atoms with Crippen LogP contribution in [0.3, 0.4) is 0 Å². The molecular weight excluding hydrogens is 585 g/mol. The van der Waals surface area contributed by atoms with Crippen LogP contribution in [0.1, 0.15) is 24.4 Å². The fourth-order valence-corrected chi connectivity index (χ4v) is 5.79. The molecule has 220 valence electrons. The average molecular weight is 613 g/mol. The van der Waals surface area contributed by atoms with E-state index in [1.54, 1.807) is 0 Å². The first kappa shape index (κ1) is 29.8. The summed E-state index contributed by atoms with van der Waals surface area (Å²) < 4.78 is 41.2. The van der Waals surface area contributed by atoms with Crippen LogP contribution < -0.4 is 4.90 Å². The molecule has 0 unspecified atom stereocenters. The van der Waals surface area contributed by atoms with Gasteiger partial charge in [-0.1, -0.05) is 28.4 Å². The molecule has 2 fully saturated rings. The number of halogens is 4. The number of rotatable bonds is 7. The van der Waals surface area contributed by atoms with Crippen LogP contribution in [-0.4, -0.2) is 86.5 Å². The van der Waals surface area contributed by atoms with E-state index in [0.717, 1.165) is 12.1 Å². The summed E-state index contributed by atoms with van der Waals surface area (Å²) in [5, 5.41) is 40.3. The molecule has 1 saturated heterocycles. The third kappa shape index (κ3) is 5.57. The van der Waals surface area contributed by atoms with Crippen molar-refractivity contribution in [1.82, 2.24) is 15.0 Å². The van der Waals surface area contributed by atoms with Crippen LogP contribution in [0, 0.1) is 18.6 Å². The zero-order valence-electron chi connectivity index (χ0n) is 22.0. The molecule has 2 heterocycles. The van der Waals surface area contributed by atoms with Crippen molar-refractivity contribution >= 4 is 34.8 Å². The molecule has 10 nitrogen and oxygen atoms in total. The van der Waals surface area contributed by atoms with Gasteiger partial charge in [0.05, 0.1) is 24.9 Å². The second-order valence-corrected chi connectivity index (χ2v) is 11.0. The molecule has 1 aliphatic carbocycles. The maximum absolute atomic E-state index is 14.2. The lowest BCUT2D eigenvalue weighted by atomic mass is 9.85. The quantitative estimate of drug-likeness (QED) is 0.371. The largest absolute Gasteiger partial charge is 0.394 e. The highest BCUT2D eigenvalue weighted by Crippen LogP contribution is 2.38. The molecule has 5 rings (SSSR count). The van der Waals surface area contributed by atoms with Gasteiger partial charge in [0.25, 0.3) is 5.91 Å². The number of aliphatic hydroxyl groups is 3. The van der Waals surface area contributed by atoms with Crippen molar-refractivity contribution in [3.05, 3.63) is 63.8 Å². The Morgan fingerprint density at radius 2 is 1.80 bits per heavy atom. The minimum atomic E-state index is -1.42. The molecule has 7 atom stereocenters. The van der Waals surface area contributed by atoms with E-state index in [1.807, 2.05) is 0 Å². The molecule has 3 aromatic rings. The van der Waals surface area contributed by atoms with Gasteiger partial charge in [-0.05, 0) is 50.1 Å². The van der Waals surface area contributed by atoms with Crippen LogP contribution in [0.5, 0.6) is 0 Å². The molecule has 1 saturated carbocycles. The van der Waals surface area contributed by atoms with Gasteiger partial charge in [-0.2, -0.15) is 0 Å². The van der Waals surface area contributed by atoms with E-state index in [4.69, 9.17) is 32.7 Å². The standard InChI is InChI=1S/C27H28Cl2F2N4O6/c1-12-17(30)5-13(6-18(12)31)19-10-34(33-32-19)23-24(38)22(11-36)41-26(25(23)40-2)27(39)35(20-3-4-21(20)37)16-8-14(28)7-15(29)9-16/h5-10,20-26,36-38H,3-4,11H2,1-2H3/t20-,21-,22-,23+,24+,25-,26-/m1/s1. The van der Waals surface area contributed by atoms with Crippen molar-refractivity contribution in [2.75, 3.05) is 18.6 Å². The number of carbonyl (C=O) groups excluding carboxylic acids is 1. The minimum absolute atomic E-state index is 0.104. The monoisotopic (exact) mass is 612 g/mol. The number of hydrogen-bond donors (Lipinski definition) is 3. The van der Waals surface area contributed by atoms with E-state index in [2.05, 4.69) is 10.3 Å². The van der Waals surface area contributed by atoms with E-state index in [0.29, 0.717) is 18.5 Å². The van der Waals surface area contributed by atoms with Gasteiger partial charge >= 0.3 is 0 Å². The van der Waals surface area contributed by atoms with Crippen LogP contribution >= 0.6 is 23.2 Å². The van der Waals surface area contributed by atoms with Crippen LogP contribution in [0.15, 0.2) is 36.5 Å². The van der Waals surface area contributed by atoms with Gasteiger partial charge in [-0.15, -0.1) is 5.10 Å². The predicted molar refractivity (Wildman–Crippen MR) is 145 cm³/mol. The van der Waals surface area contributed by atoms with Crippen LogP contribution in [0.25, 0.3) is 11.3 Å². The molecular formula is C27H28Cl2F2N4O6. The Kier molecular flexibility index (Phi) is 8.63. The van der Waals surface area contributed by atoms with Gasteiger partial charge < -0.3 is 29.7 Å². The van der Waals surface area contributed by atoms with Gasteiger partial charge in [0, 0.05) is 34.0 Å². The Hall–Kier alpha value is -2.71. The Morgan fingerprint density at radius 3 is 2.34 bits per heavy atom. The summed E-state index contributed by atoms with van der Waals surface area (Å²) in [6, 6.07) is 5.06. The van der Waals surface area contributed by atoms with Gasteiger partial charge in [-0.3, -0.25) is 4.79 Å². The van der Waals surface area contributed by atoms with Gasteiger partial charge in [0.15, 0.2) is 6.10 Å². The number of benzene rings is 2. The van der Waals surface area contributed by atoms with E-state index < -0.39 is 66.8 Å². The lowest BCUT2D eigenvalue weighted by Gasteiger charge is -2.47. The number of anilines is 1. The number of carbonyl (C=O) groups is 1. The summed E-state index contributed by atoms with van der Waals surface area (Å²) in [6.07, 6.45) is -3.71. The lowest BCUT2D eigenvalue weighted by Crippen LogP contribution is -2.64. The number of ether oxygens (including phenoxy) is 2. The highest BCUT2D eigenvalue weighted by Gasteiger charge is 2.52. The first-order chi connectivity index (χ1) is 19.5. The SMILES string of the molecule is CO[C@@H]1[C@@H](n2cc(-c3cc(F)c(C)c(F)c3)nn2)[C@@H](O)[C@@H](CO)O[C@H]1C(=O)N(c1cc(Cl)cc(Cl)c1)[C@@H]1CC[C@H]1O. The van der Waals surface area contributed by atoms with E-state index in [9.17, 15) is 28.9 Å². The maximum atomic E-state index is 14.2. The number of amides is 1. The minimum Gasteiger partial charge on any atom is -0.394 e. The fourth-order valence-electron chi connectivity index (χ4n) is 5.27. The molecule has 1 aromatic heterocycles. The predicted octanol–water partition coefficient (Wildman–Crippen LogP) is 3.07. The van der Waals surface area contributed by atoms with E-state index in [-0.39, 0.29) is 26.9 Å². The van der Waals surface area contributed by atoms with Crippen molar-refractivity contribution in [3.63, 3.8) is 0 Å². The number of nitrogens with zero attached hydrogens (tertiary/aromatic N) is 4. The van der Waals surface area contributed by atoms with Crippen molar-refractivity contribution in [2.45, 2.75) is 62.4 Å². The first-order valence-electron chi connectivity index (χ1n) is 12.9. The summed E-state index contributed by atoms with van der Waals surface area (Å²) in [6.45, 7) is 0.658. The van der Waals surface area contributed by atoms with Gasteiger partial charge in [-0.25, -0.2) is 13.5 Å². The average Bonchev–Trinajstić information content (AvgIpc) is 3.42. The van der Waals surface area contributed by atoms with Crippen molar-refractivity contribution < 1.29 is 38.4 Å². The molecule has 41 heavy (non-hydrogen) atoms. The number of aliphatic hydroxyl groups excluding tert-OH is 3. The fraction of sp³-hybridized carbons (Fsp3) is 0.444. The molecule has 0 spiro atoms. The van der Waals surface area contributed by atoms with Crippen LogP contribution in [0.4, 0.5) is 14.5 Å². The molecule has 1 amide bonds. The molecule has 0 radical (unpaired) electrons. The summed E-state index contributed by atoms with van der Waals surface area (Å²) in [4.78, 5) is 15.5. The highest BCUT2D eigenvalue weighted by atomic mass is 35.5. The molecule has 3 N–H and O–H groups in total. The van der Waals surface area contributed by atoms with Crippen LogP contribution in [0.2, 0.25) is 10.0 Å². The molecule has 14 heteroatoms. The van der Waals surface area contributed by atoms with Crippen molar-refractivity contribution in [1.29, 1.82) is 0 Å². The molecule has 2 aliphatic rings. The summed E-state index contributed by atoms with van der Waals surface area (Å²) >= 11 is 12.4. The van der Waals surface area contributed by atoms with Crippen molar-refractivity contribution in [3.8, 4) is 11.3 Å². The second kappa shape index (κ2) is 11.9. The summed E-state index contributed by atoms with van der Waals surface area (Å²) in [7, 11) is 1.31. The molecule has 2 aromatic carbocycles. The number of methoxy groups -OCH3 is 1. The molecule has 0 bridgehead atoms. The van der Waals surface area contributed by atoms with Gasteiger partial charge in [0.1, 0.15) is 41.7 Å². The summed E-state index contributed by atoms with van der Waals surface area (Å²) in [5.74, 6) is -2.15. The lowest BCUT2D eigenvalue weighted by molar-refractivity contribution is -0.211.